The lowest BCUT2D eigenvalue weighted by Crippen LogP contribution is -2.01. The van der Waals surface area contributed by atoms with Crippen LogP contribution in [0, 0.1) is 0 Å². The Morgan fingerprint density at radius 1 is 0.778 bits per heavy atom. The summed E-state index contributed by atoms with van der Waals surface area (Å²) in [7, 11) is 0. The molecule has 3 nitrogen and oxygen atoms in total. The first-order valence-electron chi connectivity index (χ1n) is 5.44. The lowest BCUT2D eigenvalue weighted by atomic mass is 10.1. The van der Waals surface area contributed by atoms with Crippen molar-refractivity contribution >= 4 is 12.4 Å². The number of halogens is 1. The van der Waals surface area contributed by atoms with Crippen molar-refractivity contribution in [3.63, 3.8) is 0 Å². The van der Waals surface area contributed by atoms with E-state index in [-0.39, 0.29) is 12.4 Å². The molecule has 0 aromatic heterocycles. The van der Waals surface area contributed by atoms with Crippen molar-refractivity contribution in [1.82, 2.24) is 0 Å². The number of phenols is 2. The number of para-hydroxylation sites is 1. The molecule has 0 saturated heterocycles. The fourth-order valence-electron chi connectivity index (χ4n) is 1.26. The van der Waals surface area contributed by atoms with Crippen molar-refractivity contribution in [2.45, 2.75) is 6.42 Å². The predicted molar refractivity (Wildman–Crippen MR) is 76.2 cm³/mol. The fourth-order valence-corrected chi connectivity index (χ4v) is 1.26. The normalized spacial score (nSPS) is 8.72. The number of aromatic hydroxyl groups is 2. The van der Waals surface area contributed by atoms with Gasteiger partial charge in [0.05, 0.1) is 0 Å². The van der Waals surface area contributed by atoms with Crippen molar-refractivity contribution in [2.75, 3.05) is 6.54 Å². The van der Waals surface area contributed by atoms with Crippen LogP contribution in [0.1, 0.15) is 5.56 Å². The molecule has 0 bridgehead atoms. The summed E-state index contributed by atoms with van der Waals surface area (Å²) in [6.45, 7) is 0.658. The summed E-state index contributed by atoms with van der Waals surface area (Å²) in [6, 6.07) is 15.8. The molecule has 0 heterocycles. The molecule has 0 saturated carbocycles. The molecular weight excluding hydrogens is 250 g/mol. The minimum Gasteiger partial charge on any atom is -0.508 e. The molecular formula is C14H18ClNO2. The van der Waals surface area contributed by atoms with E-state index in [1.54, 1.807) is 36.4 Å². The van der Waals surface area contributed by atoms with Crippen molar-refractivity contribution in [1.29, 1.82) is 0 Å². The summed E-state index contributed by atoms with van der Waals surface area (Å²) in [5, 5.41) is 17.5. The van der Waals surface area contributed by atoms with Crippen LogP contribution in [0.5, 0.6) is 11.5 Å². The highest BCUT2D eigenvalue weighted by atomic mass is 35.5. The maximum Gasteiger partial charge on any atom is 0.115 e. The van der Waals surface area contributed by atoms with Gasteiger partial charge in [-0.05, 0) is 42.8 Å². The van der Waals surface area contributed by atoms with Crippen molar-refractivity contribution in [3.05, 3.63) is 60.2 Å². The summed E-state index contributed by atoms with van der Waals surface area (Å²) < 4.78 is 0. The van der Waals surface area contributed by atoms with Gasteiger partial charge in [0.2, 0.25) is 0 Å². The van der Waals surface area contributed by atoms with Gasteiger partial charge in [0, 0.05) is 0 Å². The van der Waals surface area contributed by atoms with Crippen LogP contribution in [0.3, 0.4) is 0 Å². The number of hydrogen-bond acceptors (Lipinski definition) is 3. The Morgan fingerprint density at radius 2 is 1.28 bits per heavy atom. The quantitative estimate of drug-likeness (QED) is 0.784. The summed E-state index contributed by atoms with van der Waals surface area (Å²) in [4.78, 5) is 0. The third kappa shape index (κ3) is 6.78. The highest BCUT2D eigenvalue weighted by Crippen LogP contribution is 2.09. The number of hydrogen-bond donors (Lipinski definition) is 3. The Balaban J connectivity index is 0.000000321. The average molecular weight is 268 g/mol. The maximum atomic E-state index is 8.89. The second-order valence-corrected chi connectivity index (χ2v) is 3.54. The first-order chi connectivity index (χ1) is 8.22. The minimum absolute atomic E-state index is 0. The molecule has 0 atom stereocenters. The summed E-state index contributed by atoms with van der Waals surface area (Å²) in [5.41, 5.74) is 6.50. The summed E-state index contributed by atoms with van der Waals surface area (Å²) >= 11 is 0. The Bertz CT molecular complexity index is 418. The second-order valence-electron chi connectivity index (χ2n) is 3.54. The standard InChI is InChI=1S/C8H11NO.C6H6O.ClH/c9-6-5-7-1-3-8(10)4-2-7;7-6-4-2-1-3-5-6;/h1-4,10H,5-6,9H2;1-5,7H;1H. The van der Waals surface area contributed by atoms with Gasteiger partial charge in [-0.15, -0.1) is 12.4 Å². The highest BCUT2D eigenvalue weighted by molar-refractivity contribution is 5.85. The van der Waals surface area contributed by atoms with E-state index >= 15 is 0 Å². The van der Waals surface area contributed by atoms with E-state index in [4.69, 9.17) is 15.9 Å². The Kier molecular flexibility index (Phi) is 8.45. The van der Waals surface area contributed by atoms with E-state index in [2.05, 4.69) is 0 Å². The lowest BCUT2D eigenvalue weighted by molar-refractivity contribution is 0.474. The van der Waals surface area contributed by atoms with Gasteiger partial charge >= 0.3 is 0 Å². The molecule has 0 aliphatic heterocycles. The predicted octanol–water partition coefficient (Wildman–Crippen LogP) is 2.71. The summed E-state index contributed by atoms with van der Waals surface area (Å²) in [5.74, 6) is 0.628. The van der Waals surface area contributed by atoms with Gasteiger partial charge in [0.15, 0.2) is 0 Å². The Hall–Kier alpha value is -1.71. The van der Waals surface area contributed by atoms with Crippen molar-refractivity contribution in [2.24, 2.45) is 5.73 Å². The molecule has 98 valence electrons. The van der Waals surface area contributed by atoms with E-state index in [0.717, 1.165) is 6.42 Å². The van der Waals surface area contributed by atoms with Gasteiger partial charge in [-0.1, -0.05) is 30.3 Å². The highest BCUT2D eigenvalue weighted by Gasteiger charge is 1.89. The number of nitrogens with two attached hydrogens (primary N) is 1. The van der Waals surface area contributed by atoms with E-state index in [1.807, 2.05) is 18.2 Å². The third-order valence-electron chi connectivity index (χ3n) is 2.13. The Labute approximate surface area is 113 Å². The SMILES string of the molecule is Cl.NCCc1ccc(O)cc1.Oc1ccccc1. The topological polar surface area (TPSA) is 66.5 Å². The number of phenolic OH excluding ortho intramolecular Hbond substituents is 2. The zero-order chi connectivity index (χ0) is 12.5. The van der Waals surface area contributed by atoms with E-state index in [1.165, 1.54) is 5.56 Å². The Morgan fingerprint density at radius 3 is 1.67 bits per heavy atom. The number of rotatable bonds is 2. The molecule has 2 aromatic rings. The van der Waals surface area contributed by atoms with Gasteiger partial charge in [0.25, 0.3) is 0 Å². The molecule has 18 heavy (non-hydrogen) atoms. The molecule has 0 amide bonds. The lowest BCUT2D eigenvalue weighted by Gasteiger charge is -1.96. The molecule has 2 aromatic carbocycles. The van der Waals surface area contributed by atoms with Crippen LogP contribution in [-0.2, 0) is 6.42 Å². The van der Waals surface area contributed by atoms with Gasteiger partial charge in [0.1, 0.15) is 11.5 Å². The van der Waals surface area contributed by atoms with E-state index < -0.39 is 0 Å². The van der Waals surface area contributed by atoms with Crippen LogP contribution in [0.25, 0.3) is 0 Å². The molecule has 0 fully saturated rings. The number of benzene rings is 2. The molecule has 0 unspecified atom stereocenters. The maximum absolute atomic E-state index is 8.89. The summed E-state index contributed by atoms with van der Waals surface area (Å²) in [6.07, 6.45) is 0.875. The molecule has 4 N–H and O–H groups in total. The van der Waals surface area contributed by atoms with Crippen LogP contribution in [0.4, 0.5) is 0 Å². The van der Waals surface area contributed by atoms with E-state index in [0.29, 0.717) is 18.0 Å². The van der Waals surface area contributed by atoms with Gasteiger partial charge in [-0.2, -0.15) is 0 Å². The van der Waals surface area contributed by atoms with Crippen LogP contribution in [0.2, 0.25) is 0 Å². The molecule has 0 aliphatic rings. The molecule has 0 aliphatic carbocycles. The molecule has 0 spiro atoms. The third-order valence-corrected chi connectivity index (χ3v) is 2.13. The molecule has 2 rings (SSSR count). The minimum atomic E-state index is 0. The smallest absolute Gasteiger partial charge is 0.115 e. The monoisotopic (exact) mass is 267 g/mol. The molecule has 4 heteroatoms. The zero-order valence-corrected chi connectivity index (χ0v) is 10.8. The van der Waals surface area contributed by atoms with Gasteiger partial charge < -0.3 is 15.9 Å². The van der Waals surface area contributed by atoms with Crippen LogP contribution in [-0.4, -0.2) is 16.8 Å². The van der Waals surface area contributed by atoms with Crippen molar-refractivity contribution < 1.29 is 10.2 Å². The van der Waals surface area contributed by atoms with Gasteiger partial charge in [-0.25, -0.2) is 0 Å². The zero-order valence-electron chi connectivity index (χ0n) is 9.99. The molecule has 0 radical (unpaired) electrons. The largest absolute Gasteiger partial charge is 0.508 e. The van der Waals surface area contributed by atoms with Crippen molar-refractivity contribution in [3.8, 4) is 11.5 Å². The van der Waals surface area contributed by atoms with Crippen LogP contribution < -0.4 is 5.73 Å². The second kappa shape index (κ2) is 9.33. The first-order valence-corrected chi connectivity index (χ1v) is 5.44. The fraction of sp³-hybridized carbons (Fsp3) is 0.143. The van der Waals surface area contributed by atoms with E-state index in [9.17, 15) is 0 Å². The van der Waals surface area contributed by atoms with Crippen LogP contribution in [0.15, 0.2) is 54.6 Å². The van der Waals surface area contributed by atoms with Crippen LogP contribution >= 0.6 is 12.4 Å². The van der Waals surface area contributed by atoms with Gasteiger partial charge in [-0.3, -0.25) is 0 Å². The average Bonchev–Trinajstić information content (AvgIpc) is 2.34. The first kappa shape index (κ1) is 16.3.